The Kier molecular flexibility index (Phi) is 6.96. The van der Waals surface area contributed by atoms with Crippen LogP contribution in [0, 0.1) is 0 Å². The number of benzene rings is 1. The van der Waals surface area contributed by atoms with E-state index in [1.807, 2.05) is 24.3 Å². The molecule has 2 heterocycles. The zero-order chi connectivity index (χ0) is 19.1. The van der Waals surface area contributed by atoms with E-state index in [4.69, 9.17) is 9.47 Å². The lowest BCUT2D eigenvalue weighted by molar-refractivity contribution is -0.121. The van der Waals surface area contributed by atoms with Gasteiger partial charge < -0.3 is 14.8 Å². The molecule has 6 heteroatoms. The molecule has 150 valence electrons. The van der Waals surface area contributed by atoms with E-state index in [0.717, 1.165) is 70.1 Å². The maximum Gasteiger partial charge on any atom is 0.220 e. The Morgan fingerprint density at radius 3 is 2.48 bits per heavy atom. The summed E-state index contributed by atoms with van der Waals surface area (Å²) in [6.07, 6.45) is 3.59. The summed E-state index contributed by atoms with van der Waals surface area (Å²) in [5.41, 5.74) is 0.107. The maximum absolute atomic E-state index is 11.7. The lowest BCUT2D eigenvalue weighted by Gasteiger charge is -2.49. The Bertz CT molecular complexity index is 607. The average molecular weight is 376 g/mol. The predicted octanol–water partition coefficient (Wildman–Crippen LogP) is 2.14. The number of hydrogen-bond donors (Lipinski definition) is 1. The highest BCUT2D eigenvalue weighted by Crippen LogP contribution is 2.30. The van der Waals surface area contributed by atoms with Crippen molar-refractivity contribution in [1.82, 2.24) is 15.1 Å². The van der Waals surface area contributed by atoms with Crippen molar-refractivity contribution in [3.05, 3.63) is 24.3 Å². The Balaban J connectivity index is 1.47. The Morgan fingerprint density at radius 2 is 1.78 bits per heavy atom. The van der Waals surface area contributed by atoms with Crippen LogP contribution in [0.3, 0.4) is 0 Å². The normalized spacial score (nSPS) is 24.4. The van der Waals surface area contributed by atoms with Gasteiger partial charge in [-0.25, -0.2) is 0 Å². The molecule has 0 aliphatic carbocycles. The van der Waals surface area contributed by atoms with Gasteiger partial charge in [0.05, 0.1) is 6.61 Å². The van der Waals surface area contributed by atoms with Gasteiger partial charge in [-0.1, -0.05) is 6.92 Å². The summed E-state index contributed by atoms with van der Waals surface area (Å²) in [4.78, 5) is 16.7. The molecule has 1 N–H and O–H groups in total. The molecule has 2 aliphatic heterocycles. The van der Waals surface area contributed by atoms with Crippen LogP contribution < -0.4 is 14.8 Å². The van der Waals surface area contributed by atoms with Crippen molar-refractivity contribution in [1.29, 1.82) is 0 Å². The van der Waals surface area contributed by atoms with Gasteiger partial charge in [0.1, 0.15) is 18.1 Å². The molecule has 1 unspecified atom stereocenters. The topological polar surface area (TPSA) is 54.0 Å². The Labute approximate surface area is 162 Å². The molecule has 0 saturated carbocycles. The molecule has 1 aromatic rings. The van der Waals surface area contributed by atoms with Crippen LogP contribution in [0.15, 0.2) is 24.3 Å². The molecule has 3 rings (SSSR count). The van der Waals surface area contributed by atoms with Crippen LogP contribution in [0.1, 0.15) is 32.6 Å². The van der Waals surface area contributed by atoms with Crippen molar-refractivity contribution in [3.63, 3.8) is 0 Å². The second-order valence-corrected chi connectivity index (χ2v) is 7.69. The molecule has 1 spiro atoms. The van der Waals surface area contributed by atoms with E-state index in [0.29, 0.717) is 13.0 Å². The molecule has 2 saturated heterocycles. The second-order valence-electron chi connectivity index (χ2n) is 7.69. The van der Waals surface area contributed by atoms with E-state index in [2.05, 4.69) is 29.1 Å². The molecule has 2 aliphatic rings. The Hall–Kier alpha value is -1.79. The molecular formula is C21H33N3O3. The molecule has 1 aromatic carbocycles. The lowest BCUT2D eigenvalue weighted by atomic mass is 9.86. The summed E-state index contributed by atoms with van der Waals surface area (Å²) in [7, 11) is 2.20. The van der Waals surface area contributed by atoms with E-state index >= 15 is 0 Å². The first-order valence-electron chi connectivity index (χ1n) is 10.2. The van der Waals surface area contributed by atoms with Crippen LogP contribution in [0.2, 0.25) is 0 Å². The molecule has 6 nitrogen and oxygen atoms in total. The number of carbonyl (C=O) groups excluding carboxylic acids is 1. The first kappa shape index (κ1) is 20.0. The number of nitrogens with one attached hydrogen (secondary N) is 1. The zero-order valence-corrected chi connectivity index (χ0v) is 16.7. The average Bonchev–Trinajstić information content (AvgIpc) is 2.86. The van der Waals surface area contributed by atoms with Crippen molar-refractivity contribution < 1.29 is 14.3 Å². The van der Waals surface area contributed by atoms with Crippen molar-refractivity contribution >= 4 is 5.91 Å². The molecule has 0 radical (unpaired) electrons. The highest BCUT2D eigenvalue weighted by atomic mass is 16.5. The number of amides is 1. The molecule has 1 amide bonds. The van der Waals surface area contributed by atoms with Crippen LogP contribution in [0.25, 0.3) is 0 Å². The summed E-state index contributed by atoms with van der Waals surface area (Å²) in [5, 5.41) is 3.01. The van der Waals surface area contributed by atoms with Crippen LogP contribution in [-0.4, -0.2) is 74.2 Å². The van der Waals surface area contributed by atoms with Gasteiger partial charge in [0.15, 0.2) is 0 Å². The molecule has 2 fully saturated rings. The summed E-state index contributed by atoms with van der Waals surface area (Å²) in [6.45, 7) is 8.29. The SMILES string of the molecule is CCCOc1ccc(OCCN2CCN(C)C3(CCNC(=O)CC3)C2)cc1. The van der Waals surface area contributed by atoms with E-state index in [1.165, 1.54) is 0 Å². The Morgan fingerprint density at radius 1 is 1.07 bits per heavy atom. The number of likely N-dealkylation sites (N-methyl/N-ethyl adjacent to an activating group) is 1. The van der Waals surface area contributed by atoms with Crippen molar-refractivity contribution in [2.45, 2.75) is 38.1 Å². The molecule has 0 aromatic heterocycles. The highest BCUT2D eigenvalue weighted by molar-refractivity contribution is 5.76. The van der Waals surface area contributed by atoms with Crippen LogP contribution in [0.5, 0.6) is 11.5 Å². The first-order chi connectivity index (χ1) is 13.1. The fourth-order valence-corrected chi connectivity index (χ4v) is 4.01. The zero-order valence-electron chi connectivity index (χ0n) is 16.7. The smallest absolute Gasteiger partial charge is 0.220 e. The lowest BCUT2D eigenvalue weighted by Crippen LogP contribution is -2.61. The van der Waals surface area contributed by atoms with Crippen molar-refractivity contribution in [2.24, 2.45) is 0 Å². The molecule has 0 bridgehead atoms. The van der Waals surface area contributed by atoms with E-state index in [9.17, 15) is 4.79 Å². The molecular weight excluding hydrogens is 342 g/mol. The number of rotatable bonds is 7. The standard InChI is InChI=1S/C21H33N3O3/c1-3-15-26-18-4-6-19(7-5-18)27-16-14-24-13-12-23(2)21(17-24)9-8-20(25)22-11-10-21/h4-7H,3,8-17H2,1-2H3,(H,22,25). The minimum atomic E-state index is 0.107. The summed E-state index contributed by atoms with van der Waals surface area (Å²) >= 11 is 0. The quantitative estimate of drug-likeness (QED) is 0.791. The van der Waals surface area contributed by atoms with Gasteiger partial charge in [0, 0.05) is 44.7 Å². The second kappa shape index (κ2) is 9.42. The molecule has 27 heavy (non-hydrogen) atoms. The number of ether oxygens (including phenoxy) is 2. The van der Waals surface area contributed by atoms with Crippen LogP contribution >= 0.6 is 0 Å². The fraction of sp³-hybridized carbons (Fsp3) is 0.667. The third-order valence-electron chi connectivity index (χ3n) is 5.78. The monoisotopic (exact) mass is 375 g/mol. The van der Waals surface area contributed by atoms with Crippen LogP contribution in [0.4, 0.5) is 0 Å². The van der Waals surface area contributed by atoms with Gasteiger partial charge in [-0.2, -0.15) is 0 Å². The van der Waals surface area contributed by atoms with E-state index in [-0.39, 0.29) is 11.4 Å². The van der Waals surface area contributed by atoms with Gasteiger partial charge in [0.2, 0.25) is 5.91 Å². The maximum atomic E-state index is 11.7. The molecule has 1 atom stereocenters. The summed E-state index contributed by atoms with van der Waals surface area (Å²) < 4.78 is 11.5. The number of hydrogen-bond acceptors (Lipinski definition) is 5. The predicted molar refractivity (Wildman–Crippen MR) is 106 cm³/mol. The van der Waals surface area contributed by atoms with Crippen molar-refractivity contribution in [2.75, 3.05) is 53.0 Å². The van der Waals surface area contributed by atoms with Gasteiger partial charge in [-0.3, -0.25) is 14.6 Å². The number of carbonyl (C=O) groups is 1. The third-order valence-corrected chi connectivity index (χ3v) is 5.78. The van der Waals surface area contributed by atoms with Gasteiger partial charge in [-0.05, 0) is 50.6 Å². The first-order valence-corrected chi connectivity index (χ1v) is 10.2. The van der Waals surface area contributed by atoms with Crippen LogP contribution in [-0.2, 0) is 4.79 Å². The minimum absolute atomic E-state index is 0.107. The number of piperazine rings is 1. The van der Waals surface area contributed by atoms with Crippen molar-refractivity contribution in [3.8, 4) is 11.5 Å². The highest BCUT2D eigenvalue weighted by Gasteiger charge is 2.40. The van der Waals surface area contributed by atoms with Gasteiger partial charge in [-0.15, -0.1) is 0 Å². The fourth-order valence-electron chi connectivity index (χ4n) is 4.01. The minimum Gasteiger partial charge on any atom is -0.494 e. The summed E-state index contributed by atoms with van der Waals surface area (Å²) in [6, 6.07) is 7.87. The van der Waals surface area contributed by atoms with Gasteiger partial charge in [0.25, 0.3) is 0 Å². The largest absolute Gasteiger partial charge is 0.494 e. The van der Waals surface area contributed by atoms with Gasteiger partial charge >= 0.3 is 0 Å². The summed E-state index contributed by atoms with van der Waals surface area (Å²) in [5.74, 6) is 1.96. The third kappa shape index (κ3) is 5.36. The van der Waals surface area contributed by atoms with E-state index in [1.54, 1.807) is 0 Å². The number of nitrogens with zero attached hydrogens (tertiary/aromatic N) is 2. The van der Waals surface area contributed by atoms with E-state index < -0.39 is 0 Å².